The number of nitriles is 1. The molecule has 0 aliphatic carbocycles. The molecule has 24 heavy (non-hydrogen) atoms. The van der Waals surface area contributed by atoms with E-state index in [1.165, 1.54) is 0 Å². The lowest BCUT2D eigenvalue weighted by Gasteiger charge is -2.06. The van der Waals surface area contributed by atoms with Crippen molar-refractivity contribution in [2.24, 2.45) is 0 Å². The van der Waals surface area contributed by atoms with Gasteiger partial charge in [-0.05, 0) is 35.9 Å². The van der Waals surface area contributed by atoms with Crippen LogP contribution in [0.3, 0.4) is 0 Å². The van der Waals surface area contributed by atoms with E-state index in [1.807, 2.05) is 30.3 Å². The van der Waals surface area contributed by atoms with Crippen LogP contribution >= 0.6 is 0 Å². The lowest BCUT2D eigenvalue weighted by molar-refractivity contribution is 0.171. The predicted molar refractivity (Wildman–Crippen MR) is 88.7 cm³/mol. The highest BCUT2D eigenvalue weighted by atomic mass is 16.7. The van der Waals surface area contributed by atoms with E-state index in [0.717, 1.165) is 16.6 Å². The molecule has 0 saturated carbocycles. The van der Waals surface area contributed by atoms with Gasteiger partial charge in [0.1, 0.15) is 11.9 Å². The van der Waals surface area contributed by atoms with E-state index in [9.17, 15) is 5.26 Å². The maximum Gasteiger partial charge on any atom is 0.231 e. The Bertz CT molecular complexity index is 965. The van der Waals surface area contributed by atoms with Gasteiger partial charge in [0, 0.05) is 0 Å². The summed E-state index contributed by atoms with van der Waals surface area (Å²) >= 11 is 0. The number of allylic oxidation sites excluding steroid dienone is 1. The minimum Gasteiger partial charge on any atom is -0.493 e. The van der Waals surface area contributed by atoms with Gasteiger partial charge in [0.05, 0.1) is 23.7 Å². The van der Waals surface area contributed by atoms with Crippen LogP contribution in [0.4, 0.5) is 0 Å². The number of fused-ring (bicyclic) bond motifs is 2. The number of nitrogens with zero attached hydrogens (tertiary/aromatic N) is 2. The third-order valence-corrected chi connectivity index (χ3v) is 3.76. The summed E-state index contributed by atoms with van der Waals surface area (Å²) in [4.78, 5) is 7.62. The molecule has 2 heterocycles. The molecule has 4 rings (SSSR count). The molecule has 3 aromatic rings. The van der Waals surface area contributed by atoms with Gasteiger partial charge in [-0.2, -0.15) is 5.26 Å². The van der Waals surface area contributed by atoms with Gasteiger partial charge < -0.3 is 19.2 Å². The lowest BCUT2D eigenvalue weighted by atomic mass is 10.1. The number of rotatable bonds is 3. The first-order valence-corrected chi connectivity index (χ1v) is 7.33. The number of para-hydroxylation sites is 2. The van der Waals surface area contributed by atoms with Crippen molar-refractivity contribution in [1.82, 2.24) is 9.97 Å². The van der Waals surface area contributed by atoms with Crippen molar-refractivity contribution >= 4 is 22.7 Å². The van der Waals surface area contributed by atoms with Gasteiger partial charge in [-0.3, -0.25) is 0 Å². The summed E-state index contributed by atoms with van der Waals surface area (Å²) in [6.45, 7) is 0.160. The fraction of sp³-hybridized carbons (Fsp3) is 0.111. The number of H-pyrrole nitrogens is 1. The van der Waals surface area contributed by atoms with Gasteiger partial charge >= 0.3 is 0 Å². The molecule has 0 spiro atoms. The van der Waals surface area contributed by atoms with Gasteiger partial charge in [0.2, 0.25) is 12.5 Å². The van der Waals surface area contributed by atoms with Crippen LogP contribution in [-0.4, -0.2) is 23.9 Å². The van der Waals surface area contributed by atoms with Crippen LogP contribution < -0.4 is 14.2 Å². The summed E-state index contributed by atoms with van der Waals surface area (Å²) < 4.78 is 16.1. The molecule has 6 heteroatoms. The maximum atomic E-state index is 9.52. The van der Waals surface area contributed by atoms with Crippen LogP contribution in [0, 0.1) is 11.3 Å². The van der Waals surface area contributed by atoms with Gasteiger partial charge in [-0.15, -0.1) is 0 Å². The zero-order valence-electron chi connectivity index (χ0n) is 12.9. The number of aromatic nitrogens is 2. The maximum absolute atomic E-state index is 9.52. The van der Waals surface area contributed by atoms with Crippen LogP contribution in [0.5, 0.6) is 17.2 Å². The van der Waals surface area contributed by atoms with E-state index >= 15 is 0 Å². The Labute approximate surface area is 137 Å². The normalized spacial score (nSPS) is 13.1. The zero-order chi connectivity index (χ0) is 16.5. The molecule has 6 nitrogen and oxygen atoms in total. The van der Waals surface area contributed by atoms with Crippen molar-refractivity contribution < 1.29 is 14.2 Å². The second kappa shape index (κ2) is 5.63. The zero-order valence-corrected chi connectivity index (χ0v) is 12.9. The molecule has 1 aliphatic rings. The van der Waals surface area contributed by atoms with E-state index in [1.54, 1.807) is 19.3 Å². The first-order chi connectivity index (χ1) is 11.8. The van der Waals surface area contributed by atoms with E-state index in [-0.39, 0.29) is 6.79 Å². The molecule has 0 saturated heterocycles. The minimum absolute atomic E-state index is 0.160. The number of benzene rings is 2. The summed E-state index contributed by atoms with van der Waals surface area (Å²) in [5.41, 5.74) is 2.90. The minimum atomic E-state index is 0.160. The molecule has 118 valence electrons. The summed E-state index contributed by atoms with van der Waals surface area (Å²) in [7, 11) is 1.56. The van der Waals surface area contributed by atoms with Crippen molar-refractivity contribution in [3.05, 3.63) is 47.8 Å². The van der Waals surface area contributed by atoms with Crippen LogP contribution in [0.2, 0.25) is 0 Å². The number of aromatic amines is 1. The molecule has 1 aromatic heterocycles. The average molecular weight is 319 g/mol. The average Bonchev–Trinajstić information content (AvgIpc) is 3.25. The van der Waals surface area contributed by atoms with Gasteiger partial charge in [-0.1, -0.05) is 12.1 Å². The summed E-state index contributed by atoms with van der Waals surface area (Å²) in [5, 5.41) is 9.52. The smallest absolute Gasteiger partial charge is 0.231 e. The highest BCUT2D eigenvalue weighted by Crippen LogP contribution is 2.42. The molecule has 1 aliphatic heterocycles. The van der Waals surface area contributed by atoms with Crippen LogP contribution in [-0.2, 0) is 0 Å². The molecule has 1 N–H and O–H groups in total. The van der Waals surface area contributed by atoms with Crippen molar-refractivity contribution in [3.63, 3.8) is 0 Å². The predicted octanol–water partition coefficient (Wildman–Crippen LogP) is 3.36. The van der Waals surface area contributed by atoms with E-state index in [4.69, 9.17) is 14.2 Å². The van der Waals surface area contributed by atoms with E-state index in [2.05, 4.69) is 16.0 Å². The first-order valence-electron chi connectivity index (χ1n) is 7.33. The number of imidazole rings is 1. The van der Waals surface area contributed by atoms with E-state index < -0.39 is 0 Å². The standard InChI is InChI=1S/C18H13N3O3/c1-22-15-7-11(8-16-17(15)24-10-23-16)6-12(9-19)18-20-13-4-2-3-5-14(13)21-18/h2-8H,10H2,1H3,(H,20,21)/b12-6+. The largest absolute Gasteiger partial charge is 0.493 e. The second-order valence-corrected chi connectivity index (χ2v) is 5.23. The molecule has 0 radical (unpaired) electrons. The molecule has 0 unspecified atom stereocenters. The monoisotopic (exact) mass is 319 g/mol. The molecule has 2 aromatic carbocycles. The quantitative estimate of drug-likeness (QED) is 0.749. The third-order valence-electron chi connectivity index (χ3n) is 3.76. The lowest BCUT2D eigenvalue weighted by Crippen LogP contribution is -1.93. The SMILES string of the molecule is COc1cc(/C=C(\C#N)c2nc3ccccc3[nH]2)cc2c1OCO2. The Balaban J connectivity index is 1.79. The molecular formula is C18H13N3O3. The number of hydrogen-bond donors (Lipinski definition) is 1. The fourth-order valence-corrected chi connectivity index (χ4v) is 2.63. The van der Waals surface area contributed by atoms with Gasteiger partial charge in [0.25, 0.3) is 0 Å². The number of ether oxygens (including phenoxy) is 3. The highest BCUT2D eigenvalue weighted by molar-refractivity contribution is 5.90. The van der Waals surface area contributed by atoms with Gasteiger partial charge in [0.15, 0.2) is 11.5 Å². The second-order valence-electron chi connectivity index (χ2n) is 5.23. The summed E-state index contributed by atoms with van der Waals surface area (Å²) in [6.07, 6.45) is 1.74. The molecule has 0 atom stereocenters. The Morgan fingerprint density at radius 1 is 1.33 bits per heavy atom. The Kier molecular flexibility index (Phi) is 3.32. The molecule has 0 bridgehead atoms. The topological polar surface area (TPSA) is 80.2 Å². The van der Waals surface area contributed by atoms with Crippen molar-refractivity contribution in [3.8, 4) is 23.3 Å². The number of methoxy groups -OCH3 is 1. The molecular weight excluding hydrogens is 306 g/mol. The van der Waals surface area contributed by atoms with Crippen LogP contribution in [0.25, 0.3) is 22.7 Å². The Morgan fingerprint density at radius 2 is 2.21 bits per heavy atom. The van der Waals surface area contributed by atoms with Crippen molar-refractivity contribution in [2.75, 3.05) is 13.9 Å². The number of hydrogen-bond acceptors (Lipinski definition) is 5. The van der Waals surface area contributed by atoms with Crippen molar-refractivity contribution in [2.45, 2.75) is 0 Å². The van der Waals surface area contributed by atoms with Crippen LogP contribution in [0.1, 0.15) is 11.4 Å². The first kappa shape index (κ1) is 14.2. The Morgan fingerprint density at radius 3 is 3.00 bits per heavy atom. The van der Waals surface area contributed by atoms with Gasteiger partial charge in [-0.25, -0.2) is 4.98 Å². The number of nitrogens with one attached hydrogen (secondary N) is 1. The molecule has 0 amide bonds. The molecule has 0 fully saturated rings. The summed E-state index contributed by atoms with van der Waals surface area (Å²) in [5.74, 6) is 2.27. The third kappa shape index (κ3) is 2.32. The highest BCUT2D eigenvalue weighted by Gasteiger charge is 2.20. The van der Waals surface area contributed by atoms with Crippen LogP contribution in [0.15, 0.2) is 36.4 Å². The fourth-order valence-electron chi connectivity index (χ4n) is 2.63. The Hall–Kier alpha value is -3.46. The summed E-state index contributed by atoms with van der Waals surface area (Å²) in [6, 6.07) is 13.4. The van der Waals surface area contributed by atoms with E-state index in [0.29, 0.717) is 28.6 Å². The van der Waals surface area contributed by atoms with Crippen molar-refractivity contribution in [1.29, 1.82) is 5.26 Å².